The topological polar surface area (TPSA) is 89.4 Å². The van der Waals surface area contributed by atoms with Crippen LogP contribution in [0, 0.1) is 0 Å². The fourth-order valence-corrected chi connectivity index (χ4v) is 2.83. The lowest BCUT2D eigenvalue weighted by molar-refractivity contribution is -0.126. The van der Waals surface area contributed by atoms with Crippen molar-refractivity contribution in [2.45, 2.75) is 23.3 Å². The largest absolute Gasteiger partial charge is 0.399 e. The molecule has 18 heavy (non-hydrogen) atoms. The van der Waals surface area contributed by atoms with Gasteiger partial charge in [0, 0.05) is 10.6 Å². The van der Waals surface area contributed by atoms with Gasteiger partial charge in [0.15, 0.2) is 0 Å². The molecule has 4 N–H and O–H groups in total. The SMILES string of the molecule is Nc1ccc2c(c1)N(C(=O)C1(N)CC1)C(=O)CS2. The van der Waals surface area contributed by atoms with Gasteiger partial charge in [-0.15, -0.1) is 11.8 Å². The van der Waals surface area contributed by atoms with Crippen LogP contribution in [0.4, 0.5) is 11.4 Å². The molecule has 0 saturated heterocycles. The van der Waals surface area contributed by atoms with Crippen LogP contribution in [-0.2, 0) is 9.59 Å². The van der Waals surface area contributed by atoms with Gasteiger partial charge in [0.25, 0.3) is 5.91 Å². The van der Waals surface area contributed by atoms with Gasteiger partial charge < -0.3 is 11.5 Å². The third-order valence-electron chi connectivity index (χ3n) is 3.24. The predicted octanol–water partition coefficient (Wildman–Crippen LogP) is 0.725. The Morgan fingerprint density at radius 3 is 2.78 bits per heavy atom. The van der Waals surface area contributed by atoms with Crippen molar-refractivity contribution in [3.05, 3.63) is 18.2 Å². The van der Waals surface area contributed by atoms with Crippen LogP contribution in [0.2, 0.25) is 0 Å². The molecule has 0 spiro atoms. The number of carbonyl (C=O) groups excluding carboxylic acids is 2. The summed E-state index contributed by atoms with van der Waals surface area (Å²) >= 11 is 1.42. The van der Waals surface area contributed by atoms with E-state index in [0.717, 1.165) is 4.90 Å². The first-order valence-electron chi connectivity index (χ1n) is 5.70. The minimum atomic E-state index is -0.848. The number of benzene rings is 1. The summed E-state index contributed by atoms with van der Waals surface area (Å²) in [7, 11) is 0. The molecular weight excluding hydrogens is 250 g/mol. The smallest absolute Gasteiger partial charge is 0.253 e. The van der Waals surface area contributed by atoms with Crippen LogP contribution < -0.4 is 16.4 Å². The first-order chi connectivity index (χ1) is 8.51. The summed E-state index contributed by atoms with van der Waals surface area (Å²) in [6.45, 7) is 0. The summed E-state index contributed by atoms with van der Waals surface area (Å²) in [4.78, 5) is 26.4. The van der Waals surface area contributed by atoms with E-state index in [-0.39, 0.29) is 17.6 Å². The molecule has 1 heterocycles. The number of carbonyl (C=O) groups is 2. The number of nitrogen functional groups attached to an aromatic ring is 1. The van der Waals surface area contributed by atoms with Crippen LogP contribution in [0.3, 0.4) is 0 Å². The summed E-state index contributed by atoms with van der Waals surface area (Å²) in [5, 5.41) is 0. The quantitative estimate of drug-likeness (QED) is 0.576. The van der Waals surface area contributed by atoms with Crippen LogP contribution in [0.1, 0.15) is 12.8 Å². The number of amides is 2. The van der Waals surface area contributed by atoms with E-state index in [1.807, 2.05) is 6.07 Å². The summed E-state index contributed by atoms with van der Waals surface area (Å²) in [5.41, 5.74) is 11.9. The van der Waals surface area contributed by atoms with E-state index in [2.05, 4.69) is 0 Å². The maximum atomic E-state index is 12.3. The van der Waals surface area contributed by atoms with Crippen molar-refractivity contribution >= 4 is 35.0 Å². The van der Waals surface area contributed by atoms with Crippen LogP contribution in [0.15, 0.2) is 23.1 Å². The Kier molecular flexibility index (Phi) is 2.39. The van der Waals surface area contributed by atoms with Gasteiger partial charge in [-0.05, 0) is 31.0 Å². The third-order valence-corrected chi connectivity index (χ3v) is 4.29. The van der Waals surface area contributed by atoms with Crippen LogP contribution >= 0.6 is 11.8 Å². The van der Waals surface area contributed by atoms with Gasteiger partial charge in [0.05, 0.1) is 17.0 Å². The van der Waals surface area contributed by atoms with Gasteiger partial charge in [0.1, 0.15) is 0 Å². The molecule has 0 atom stereocenters. The molecule has 0 unspecified atom stereocenters. The molecule has 5 nitrogen and oxygen atoms in total. The fourth-order valence-electron chi connectivity index (χ4n) is 1.96. The third kappa shape index (κ3) is 1.69. The molecule has 0 radical (unpaired) electrons. The second-order valence-corrected chi connectivity index (χ2v) is 5.72. The number of anilines is 2. The van der Waals surface area contributed by atoms with E-state index in [0.29, 0.717) is 24.2 Å². The molecule has 1 aromatic carbocycles. The molecule has 2 amide bonds. The second-order valence-electron chi connectivity index (χ2n) is 4.71. The van der Waals surface area contributed by atoms with E-state index in [4.69, 9.17) is 11.5 Å². The number of nitrogens with two attached hydrogens (primary N) is 2. The highest BCUT2D eigenvalue weighted by atomic mass is 32.2. The molecule has 1 fully saturated rings. The first-order valence-corrected chi connectivity index (χ1v) is 6.68. The second kappa shape index (κ2) is 3.73. The molecule has 1 aliphatic carbocycles. The number of hydrogen-bond acceptors (Lipinski definition) is 5. The predicted molar refractivity (Wildman–Crippen MR) is 70.2 cm³/mol. The summed E-state index contributed by atoms with van der Waals surface area (Å²) in [5.74, 6) is -0.266. The Morgan fingerprint density at radius 1 is 1.39 bits per heavy atom. The van der Waals surface area contributed by atoms with Gasteiger partial charge >= 0.3 is 0 Å². The minimum Gasteiger partial charge on any atom is -0.399 e. The molecule has 1 saturated carbocycles. The van der Waals surface area contributed by atoms with Crippen molar-refractivity contribution < 1.29 is 9.59 Å². The lowest BCUT2D eigenvalue weighted by atomic mass is 10.2. The fraction of sp³-hybridized carbons (Fsp3) is 0.333. The Labute approximate surface area is 108 Å². The number of nitrogens with zero attached hydrogens (tertiary/aromatic N) is 1. The molecule has 2 aliphatic rings. The number of rotatable bonds is 1. The molecule has 94 valence electrons. The average molecular weight is 263 g/mol. The van der Waals surface area contributed by atoms with Gasteiger partial charge in [-0.3, -0.25) is 9.59 Å². The maximum Gasteiger partial charge on any atom is 0.253 e. The van der Waals surface area contributed by atoms with E-state index in [9.17, 15) is 9.59 Å². The van der Waals surface area contributed by atoms with E-state index in [1.165, 1.54) is 16.7 Å². The highest BCUT2D eigenvalue weighted by molar-refractivity contribution is 8.00. The lowest BCUT2D eigenvalue weighted by Crippen LogP contribution is -2.50. The van der Waals surface area contributed by atoms with Gasteiger partial charge in [-0.25, -0.2) is 4.90 Å². The molecule has 0 bridgehead atoms. The normalized spacial score (nSPS) is 20.5. The molecule has 6 heteroatoms. The van der Waals surface area contributed by atoms with E-state index >= 15 is 0 Å². The number of imide groups is 1. The van der Waals surface area contributed by atoms with Crippen LogP contribution in [0.25, 0.3) is 0 Å². The standard InChI is InChI=1S/C12H13N3O2S/c13-7-1-2-9-8(5-7)15(10(16)6-18-9)11(17)12(14)3-4-12/h1-2,5H,3-4,6,13-14H2. The Balaban J connectivity index is 2.06. The van der Waals surface area contributed by atoms with Crippen LogP contribution in [-0.4, -0.2) is 23.1 Å². The van der Waals surface area contributed by atoms with E-state index < -0.39 is 5.54 Å². The maximum absolute atomic E-state index is 12.3. The first kappa shape index (κ1) is 11.6. The highest BCUT2D eigenvalue weighted by Gasteiger charge is 2.50. The van der Waals surface area contributed by atoms with Gasteiger partial charge in [-0.2, -0.15) is 0 Å². The van der Waals surface area contributed by atoms with Crippen molar-refractivity contribution in [3.63, 3.8) is 0 Å². The Hall–Kier alpha value is -1.53. The summed E-state index contributed by atoms with van der Waals surface area (Å²) < 4.78 is 0. The number of thioether (sulfide) groups is 1. The molecule has 1 aliphatic heterocycles. The Bertz CT molecular complexity index is 554. The van der Waals surface area contributed by atoms with Crippen molar-refractivity contribution in [3.8, 4) is 0 Å². The minimum absolute atomic E-state index is 0.222. The summed E-state index contributed by atoms with van der Waals surface area (Å²) in [6.07, 6.45) is 1.28. The Morgan fingerprint density at radius 2 is 2.11 bits per heavy atom. The zero-order valence-corrected chi connectivity index (χ0v) is 10.5. The average Bonchev–Trinajstić information content (AvgIpc) is 3.08. The van der Waals surface area contributed by atoms with Gasteiger partial charge in [0.2, 0.25) is 5.91 Å². The van der Waals surface area contributed by atoms with Crippen molar-refractivity contribution in [1.82, 2.24) is 0 Å². The zero-order valence-electron chi connectivity index (χ0n) is 9.68. The summed E-state index contributed by atoms with van der Waals surface area (Å²) in [6, 6.07) is 5.25. The van der Waals surface area contributed by atoms with Crippen LogP contribution in [0.5, 0.6) is 0 Å². The zero-order chi connectivity index (χ0) is 12.9. The van der Waals surface area contributed by atoms with Crippen molar-refractivity contribution in [1.29, 1.82) is 0 Å². The molecule has 3 rings (SSSR count). The number of fused-ring (bicyclic) bond motifs is 1. The van der Waals surface area contributed by atoms with Crippen molar-refractivity contribution in [2.24, 2.45) is 5.73 Å². The molecule has 1 aromatic rings. The molecular formula is C12H13N3O2S. The lowest BCUT2D eigenvalue weighted by Gasteiger charge is -2.29. The van der Waals surface area contributed by atoms with Crippen molar-refractivity contribution in [2.75, 3.05) is 16.4 Å². The monoisotopic (exact) mass is 263 g/mol. The molecule has 0 aromatic heterocycles. The highest BCUT2D eigenvalue weighted by Crippen LogP contribution is 2.41. The number of hydrogen-bond donors (Lipinski definition) is 2. The van der Waals surface area contributed by atoms with E-state index in [1.54, 1.807) is 12.1 Å². The van der Waals surface area contributed by atoms with Gasteiger partial charge in [-0.1, -0.05) is 0 Å².